The van der Waals surface area contributed by atoms with Gasteiger partial charge in [-0.25, -0.2) is 0 Å². The van der Waals surface area contributed by atoms with Crippen LogP contribution in [0.2, 0.25) is 0 Å². The first-order valence-electron chi connectivity index (χ1n) is 6.01. The Morgan fingerprint density at radius 1 is 1.50 bits per heavy atom. The molecule has 2 N–H and O–H groups in total. The third-order valence-corrected chi connectivity index (χ3v) is 3.61. The monoisotopic (exact) mass is 219 g/mol. The van der Waals surface area contributed by atoms with Gasteiger partial charge >= 0.3 is 0 Å². The lowest BCUT2D eigenvalue weighted by atomic mass is 9.99. The summed E-state index contributed by atoms with van der Waals surface area (Å²) < 4.78 is 5.37. The topological polar surface area (TPSA) is 35.2 Å². The molecule has 0 aliphatic heterocycles. The summed E-state index contributed by atoms with van der Waals surface area (Å²) in [4.78, 5) is 0. The van der Waals surface area contributed by atoms with Crippen LogP contribution in [0.4, 0.5) is 0 Å². The van der Waals surface area contributed by atoms with E-state index in [2.05, 4.69) is 26.0 Å². The predicted molar refractivity (Wildman–Crippen MR) is 66.7 cm³/mol. The minimum atomic E-state index is 0.283. The van der Waals surface area contributed by atoms with Gasteiger partial charge in [-0.1, -0.05) is 24.6 Å². The smallest absolute Gasteiger partial charge is 0.122 e. The van der Waals surface area contributed by atoms with Gasteiger partial charge in [0, 0.05) is 6.04 Å². The SMILES string of the molecule is COc1ccc(C)cc1CC(N)C1CC1C. The Morgan fingerprint density at radius 3 is 2.75 bits per heavy atom. The van der Waals surface area contributed by atoms with Crippen molar-refractivity contribution in [2.75, 3.05) is 7.11 Å². The van der Waals surface area contributed by atoms with E-state index in [9.17, 15) is 0 Å². The van der Waals surface area contributed by atoms with Gasteiger partial charge in [-0.2, -0.15) is 0 Å². The first kappa shape index (κ1) is 11.5. The molecule has 2 rings (SSSR count). The van der Waals surface area contributed by atoms with Crippen molar-refractivity contribution in [1.29, 1.82) is 0 Å². The normalized spacial score (nSPS) is 25.2. The molecule has 2 heteroatoms. The van der Waals surface area contributed by atoms with Gasteiger partial charge in [-0.3, -0.25) is 0 Å². The zero-order chi connectivity index (χ0) is 11.7. The Balaban J connectivity index is 2.10. The molecule has 1 aromatic rings. The molecule has 2 nitrogen and oxygen atoms in total. The number of rotatable bonds is 4. The number of ether oxygens (including phenoxy) is 1. The second kappa shape index (κ2) is 4.46. The molecule has 1 saturated carbocycles. The van der Waals surface area contributed by atoms with Crippen molar-refractivity contribution in [2.45, 2.75) is 32.7 Å². The molecule has 0 amide bonds. The summed E-state index contributed by atoms with van der Waals surface area (Å²) in [6.45, 7) is 4.38. The lowest BCUT2D eigenvalue weighted by Gasteiger charge is -2.14. The van der Waals surface area contributed by atoms with Crippen LogP contribution in [0.5, 0.6) is 5.75 Å². The molecular formula is C14H21NO. The zero-order valence-electron chi connectivity index (χ0n) is 10.4. The van der Waals surface area contributed by atoms with Gasteiger partial charge in [0.1, 0.15) is 5.75 Å². The van der Waals surface area contributed by atoms with Crippen molar-refractivity contribution in [3.63, 3.8) is 0 Å². The van der Waals surface area contributed by atoms with Gasteiger partial charge in [-0.15, -0.1) is 0 Å². The second-order valence-corrected chi connectivity index (χ2v) is 5.06. The molecule has 3 atom stereocenters. The van der Waals surface area contributed by atoms with Crippen LogP contribution in [-0.4, -0.2) is 13.2 Å². The van der Waals surface area contributed by atoms with E-state index in [1.807, 2.05) is 6.07 Å². The molecule has 0 radical (unpaired) electrons. The van der Waals surface area contributed by atoms with Crippen LogP contribution in [-0.2, 0) is 6.42 Å². The summed E-state index contributed by atoms with van der Waals surface area (Å²) in [6, 6.07) is 6.58. The van der Waals surface area contributed by atoms with E-state index in [0.717, 1.165) is 18.1 Å². The van der Waals surface area contributed by atoms with Crippen LogP contribution in [0.3, 0.4) is 0 Å². The maximum Gasteiger partial charge on any atom is 0.122 e. The number of methoxy groups -OCH3 is 1. The Hall–Kier alpha value is -1.02. The van der Waals surface area contributed by atoms with E-state index in [-0.39, 0.29) is 6.04 Å². The van der Waals surface area contributed by atoms with Crippen LogP contribution in [0.25, 0.3) is 0 Å². The number of hydrogen-bond donors (Lipinski definition) is 1. The van der Waals surface area contributed by atoms with Crippen molar-refractivity contribution >= 4 is 0 Å². The minimum absolute atomic E-state index is 0.283. The molecule has 1 aliphatic carbocycles. The lowest BCUT2D eigenvalue weighted by molar-refractivity contribution is 0.406. The molecule has 0 spiro atoms. The van der Waals surface area contributed by atoms with Gasteiger partial charge < -0.3 is 10.5 Å². The van der Waals surface area contributed by atoms with E-state index in [4.69, 9.17) is 10.5 Å². The van der Waals surface area contributed by atoms with Crippen molar-refractivity contribution < 1.29 is 4.74 Å². The Labute approximate surface area is 97.8 Å². The van der Waals surface area contributed by atoms with Crippen LogP contribution >= 0.6 is 0 Å². The Bertz CT molecular complexity index is 375. The molecule has 0 bridgehead atoms. The molecular weight excluding hydrogens is 198 g/mol. The summed E-state index contributed by atoms with van der Waals surface area (Å²) >= 11 is 0. The zero-order valence-corrected chi connectivity index (χ0v) is 10.4. The van der Waals surface area contributed by atoms with Crippen LogP contribution in [0.15, 0.2) is 18.2 Å². The summed E-state index contributed by atoms with van der Waals surface area (Å²) in [5.74, 6) is 2.49. The molecule has 1 aromatic carbocycles. The van der Waals surface area contributed by atoms with E-state index in [0.29, 0.717) is 5.92 Å². The largest absolute Gasteiger partial charge is 0.496 e. The highest BCUT2D eigenvalue weighted by molar-refractivity contribution is 5.37. The van der Waals surface area contributed by atoms with Crippen molar-refractivity contribution in [3.8, 4) is 5.75 Å². The van der Waals surface area contributed by atoms with Crippen LogP contribution < -0.4 is 10.5 Å². The first-order valence-corrected chi connectivity index (χ1v) is 6.01. The standard InChI is InChI=1S/C14H21NO/c1-9-4-5-14(16-3)11(6-9)8-13(15)12-7-10(12)2/h4-6,10,12-13H,7-8,15H2,1-3H3. The quantitative estimate of drug-likeness (QED) is 0.844. The van der Waals surface area contributed by atoms with Crippen molar-refractivity contribution in [2.24, 2.45) is 17.6 Å². The summed E-state index contributed by atoms with van der Waals surface area (Å²) in [5.41, 5.74) is 8.73. The molecule has 16 heavy (non-hydrogen) atoms. The van der Waals surface area contributed by atoms with E-state index >= 15 is 0 Å². The molecule has 88 valence electrons. The fraction of sp³-hybridized carbons (Fsp3) is 0.571. The lowest BCUT2D eigenvalue weighted by Crippen LogP contribution is -2.26. The molecule has 0 heterocycles. The second-order valence-electron chi connectivity index (χ2n) is 5.06. The number of aryl methyl sites for hydroxylation is 1. The van der Waals surface area contributed by atoms with Crippen LogP contribution in [0, 0.1) is 18.8 Å². The summed E-state index contributed by atoms with van der Waals surface area (Å²) in [5, 5.41) is 0. The molecule has 3 unspecified atom stereocenters. The third kappa shape index (κ3) is 2.38. The van der Waals surface area contributed by atoms with Crippen LogP contribution in [0.1, 0.15) is 24.5 Å². The van der Waals surface area contributed by atoms with Gasteiger partial charge in [0.2, 0.25) is 0 Å². The van der Waals surface area contributed by atoms with Gasteiger partial charge in [0.15, 0.2) is 0 Å². The number of hydrogen-bond acceptors (Lipinski definition) is 2. The summed E-state index contributed by atoms with van der Waals surface area (Å²) in [7, 11) is 1.72. The van der Waals surface area contributed by atoms with E-state index in [1.165, 1.54) is 17.5 Å². The molecule has 0 aromatic heterocycles. The van der Waals surface area contributed by atoms with E-state index in [1.54, 1.807) is 7.11 Å². The maximum absolute atomic E-state index is 6.22. The highest BCUT2D eigenvalue weighted by Crippen LogP contribution is 2.41. The predicted octanol–water partition coefficient (Wildman–Crippen LogP) is 2.53. The van der Waals surface area contributed by atoms with Crippen molar-refractivity contribution in [3.05, 3.63) is 29.3 Å². The first-order chi connectivity index (χ1) is 7.61. The van der Waals surface area contributed by atoms with Gasteiger partial charge in [0.05, 0.1) is 7.11 Å². The average molecular weight is 219 g/mol. The maximum atomic E-state index is 6.22. The summed E-state index contributed by atoms with van der Waals surface area (Å²) in [6.07, 6.45) is 2.22. The van der Waals surface area contributed by atoms with Gasteiger partial charge in [0.25, 0.3) is 0 Å². The molecule has 1 fully saturated rings. The highest BCUT2D eigenvalue weighted by Gasteiger charge is 2.37. The number of benzene rings is 1. The molecule has 1 aliphatic rings. The fourth-order valence-corrected chi connectivity index (χ4v) is 2.42. The van der Waals surface area contributed by atoms with Crippen molar-refractivity contribution in [1.82, 2.24) is 0 Å². The number of nitrogens with two attached hydrogens (primary N) is 1. The Kier molecular flexibility index (Phi) is 3.20. The molecule has 0 saturated heterocycles. The highest BCUT2D eigenvalue weighted by atomic mass is 16.5. The third-order valence-electron chi connectivity index (χ3n) is 3.61. The van der Waals surface area contributed by atoms with Gasteiger partial charge in [-0.05, 0) is 43.2 Å². The van der Waals surface area contributed by atoms with E-state index < -0.39 is 0 Å². The minimum Gasteiger partial charge on any atom is -0.496 e. The fourth-order valence-electron chi connectivity index (χ4n) is 2.42. The average Bonchev–Trinajstić information content (AvgIpc) is 2.96. The Morgan fingerprint density at radius 2 is 2.19 bits per heavy atom.